The lowest BCUT2D eigenvalue weighted by atomic mass is 10.2. The van der Waals surface area contributed by atoms with Crippen LogP contribution in [0.25, 0.3) is 0 Å². The first-order valence-corrected chi connectivity index (χ1v) is 7.28. The quantitative estimate of drug-likeness (QED) is 0.847. The summed E-state index contributed by atoms with van der Waals surface area (Å²) in [6.45, 7) is 1.33. The zero-order valence-electron chi connectivity index (χ0n) is 11.0. The van der Waals surface area contributed by atoms with Crippen molar-refractivity contribution in [3.05, 3.63) is 57.0 Å². The van der Waals surface area contributed by atoms with Crippen LogP contribution in [0.4, 0.5) is 0 Å². The zero-order valence-corrected chi connectivity index (χ0v) is 13.3. The lowest BCUT2D eigenvalue weighted by molar-refractivity contribution is 0.371. The number of benzene rings is 2. The molecule has 2 aromatic carbocycles. The monoisotopic (exact) mass is 355 g/mol. The Bertz CT molecular complexity index is 604. The summed E-state index contributed by atoms with van der Waals surface area (Å²) in [7, 11) is 1.53. The molecule has 0 saturated heterocycles. The molecule has 0 amide bonds. The van der Waals surface area contributed by atoms with E-state index in [2.05, 4.69) is 21.2 Å². The lowest BCUT2D eigenvalue weighted by Gasteiger charge is -2.10. The van der Waals surface area contributed by atoms with Crippen molar-refractivity contribution in [3.63, 3.8) is 0 Å². The Hall–Kier alpha value is -1.23. The van der Waals surface area contributed by atoms with E-state index >= 15 is 0 Å². The van der Waals surface area contributed by atoms with E-state index in [1.807, 2.05) is 30.3 Å². The summed E-state index contributed by atoms with van der Waals surface area (Å²) in [5.74, 6) is 0.566. The van der Waals surface area contributed by atoms with Gasteiger partial charge in [0.05, 0.1) is 11.6 Å². The minimum atomic E-state index is 0.113. The van der Waals surface area contributed by atoms with Crippen LogP contribution in [-0.4, -0.2) is 12.2 Å². The Labute approximate surface area is 131 Å². The van der Waals surface area contributed by atoms with Gasteiger partial charge < -0.3 is 15.2 Å². The standard InChI is InChI=1S/C15H15BrClNO2/c1-20-14-7-10(6-12(16)15(14)19)8-18-9-11-4-2-3-5-13(11)17/h2-7,18-19H,8-9H2,1H3. The number of nitrogens with one attached hydrogen (secondary N) is 1. The molecular weight excluding hydrogens is 342 g/mol. The van der Waals surface area contributed by atoms with E-state index in [0.717, 1.165) is 16.1 Å². The molecule has 0 radical (unpaired) electrons. The second kappa shape index (κ2) is 6.97. The van der Waals surface area contributed by atoms with Crippen molar-refractivity contribution in [3.8, 4) is 11.5 Å². The summed E-state index contributed by atoms with van der Waals surface area (Å²) < 4.78 is 5.74. The predicted octanol–water partition coefficient (Wildman–Crippen LogP) is 4.11. The van der Waals surface area contributed by atoms with Gasteiger partial charge in [-0.15, -0.1) is 0 Å². The first-order valence-electron chi connectivity index (χ1n) is 6.11. The Balaban J connectivity index is 2.01. The van der Waals surface area contributed by atoms with Crippen molar-refractivity contribution >= 4 is 27.5 Å². The number of halogens is 2. The van der Waals surface area contributed by atoms with E-state index < -0.39 is 0 Å². The third-order valence-corrected chi connectivity index (χ3v) is 3.88. The highest BCUT2D eigenvalue weighted by Crippen LogP contribution is 2.35. The maximum absolute atomic E-state index is 9.75. The van der Waals surface area contributed by atoms with Crippen LogP contribution >= 0.6 is 27.5 Å². The molecule has 2 N–H and O–H groups in total. The van der Waals surface area contributed by atoms with Crippen molar-refractivity contribution < 1.29 is 9.84 Å². The summed E-state index contributed by atoms with van der Waals surface area (Å²) in [6, 6.07) is 11.4. The van der Waals surface area contributed by atoms with Crippen molar-refractivity contribution in [1.82, 2.24) is 5.32 Å². The van der Waals surface area contributed by atoms with Gasteiger partial charge in [0.25, 0.3) is 0 Å². The molecule has 0 atom stereocenters. The van der Waals surface area contributed by atoms with Gasteiger partial charge in [0.1, 0.15) is 0 Å². The fourth-order valence-corrected chi connectivity index (χ4v) is 2.56. The minimum Gasteiger partial charge on any atom is -0.503 e. The summed E-state index contributed by atoms with van der Waals surface area (Å²) in [6.07, 6.45) is 0. The molecule has 5 heteroatoms. The lowest BCUT2D eigenvalue weighted by Crippen LogP contribution is -2.13. The second-order valence-electron chi connectivity index (χ2n) is 4.32. The van der Waals surface area contributed by atoms with Crippen LogP contribution in [0.15, 0.2) is 40.9 Å². The Morgan fingerprint density at radius 1 is 1.25 bits per heavy atom. The van der Waals surface area contributed by atoms with Crippen LogP contribution < -0.4 is 10.1 Å². The van der Waals surface area contributed by atoms with E-state index in [0.29, 0.717) is 23.3 Å². The van der Waals surface area contributed by atoms with Crippen molar-refractivity contribution in [2.24, 2.45) is 0 Å². The van der Waals surface area contributed by atoms with E-state index in [-0.39, 0.29) is 5.75 Å². The zero-order chi connectivity index (χ0) is 14.5. The molecule has 2 rings (SSSR count). The average molecular weight is 357 g/mol. The number of aromatic hydroxyl groups is 1. The highest BCUT2D eigenvalue weighted by Gasteiger charge is 2.08. The van der Waals surface area contributed by atoms with Crippen LogP contribution in [0.3, 0.4) is 0 Å². The number of rotatable bonds is 5. The molecular formula is C15H15BrClNO2. The van der Waals surface area contributed by atoms with Crippen LogP contribution in [0.5, 0.6) is 11.5 Å². The smallest absolute Gasteiger partial charge is 0.172 e. The summed E-state index contributed by atoms with van der Waals surface area (Å²) in [5.41, 5.74) is 2.07. The number of hydrogen-bond acceptors (Lipinski definition) is 3. The van der Waals surface area contributed by atoms with E-state index in [1.54, 1.807) is 6.07 Å². The maximum atomic E-state index is 9.75. The largest absolute Gasteiger partial charge is 0.503 e. The molecule has 0 fully saturated rings. The third kappa shape index (κ3) is 3.66. The number of methoxy groups -OCH3 is 1. The predicted molar refractivity (Wildman–Crippen MR) is 84.4 cm³/mol. The molecule has 0 heterocycles. The van der Waals surface area contributed by atoms with Gasteiger partial charge in [-0.3, -0.25) is 0 Å². The van der Waals surface area contributed by atoms with Gasteiger partial charge in [-0.25, -0.2) is 0 Å². The summed E-state index contributed by atoms with van der Waals surface area (Å²) >= 11 is 9.41. The van der Waals surface area contributed by atoms with Gasteiger partial charge in [0.15, 0.2) is 11.5 Å². The van der Waals surface area contributed by atoms with Gasteiger partial charge in [-0.1, -0.05) is 29.8 Å². The minimum absolute atomic E-state index is 0.113. The molecule has 106 valence electrons. The molecule has 0 unspecified atom stereocenters. The summed E-state index contributed by atoms with van der Waals surface area (Å²) in [5, 5.41) is 13.8. The van der Waals surface area contributed by atoms with Crippen molar-refractivity contribution in [1.29, 1.82) is 0 Å². The van der Waals surface area contributed by atoms with Gasteiger partial charge in [-0.05, 0) is 45.3 Å². The van der Waals surface area contributed by atoms with Crippen LogP contribution in [0.1, 0.15) is 11.1 Å². The fraction of sp³-hybridized carbons (Fsp3) is 0.200. The molecule has 0 aliphatic rings. The second-order valence-corrected chi connectivity index (χ2v) is 5.59. The SMILES string of the molecule is COc1cc(CNCc2ccccc2Cl)cc(Br)c1O. The highest BCUT2D eigenvalue weighted by atomic mass is 79.9. The molecule has 0 bridgehead atoms. The van der Waals surface area contributed by atoms with Gasteiger partial charge in [0, 0.05) is 18.1 Å². The van der Waals surface area contributed by atoms with Crippen LogP contribution in [0.2, 0.25) is 5.02 Å². The number of ether oxygens (including phenoxy) is 1. The Morgan fingerprint density at radius 2 is 2.00 bits per heavy atom. The fourth-order valence-electron chi connectivity index (χ4n) is 1.87. The molecule has 0 aliphatic carbocycles. The number of phenols is 1. The van der Waals surface area contributed by atoms with Crippen molar-refractivity contribution in [2.45, 2.75) is 13.1 Å². The van der Waals surface area contributed by atoms with Gasteiger partial charge >= 0.3 is 0 Å². The number of hydrogen-bond donors (Lipinski definition) is 2. The Morgan fingerprint density at radius 3 is 2.70 bits per heavy atom. The molecule has 0 aliphatic heterocycles. The van der Waals surface area contributed by atoms with Crippen molar-refractivity contribution in [2.75, 3.05) is 7.11 Å². The molecule has 0 aromatic heterocycles. The highest BCUT2D eigenvalue weighted by molar-refractivity contribution is 9.10. The van der Waals surface area contributed by atoms with E-state index in [9.17, 15) is 5.11 Å². The normalized spacial score (nSPS) is 10.6. The van der Waals surface area contributed by atoms with E-state index in [1.165, 1.54) is 7.11 Å². The maximum Gasteiger partial charge on any atom is 0.172 e. The average Bonchev–Trinajstić information content (AvgIpc) is 2.44. The topological polar surface area (TPSA) is 41.5 Å². The molecule has 2 aromatic rings. The Kier molecular flexibility index (Phi) is 5.29. The molecule has 3 nitrogen and oxygen atoms in total. The number of phenolic OH excluding ortho intramolecular Hbond substituents is 1. The first kappa shape index (κ1) is 15.2. The van der Waals surface area contributed by atoms with Gasteiger partial charge in [-0.2, -0.15) is 0 Å². The van der Waals surface area contributed by atoms with Crippen LogP contribution in [0, 0.1) is 0 Å². The van der Waals surface area contributed by atoms with Crippen LogP contribution in [-0.2, 0) is 13.1 Å². The van der Waals surface area contributed by atoms with E-state index in [4.69, 9.17) is 16.3 Å². The first-order chi connectivity index (χ1) is 9.61. The third-order valence-electron chi connectivity index (χ3n) is 2.91. The molecule has 20 heavy (non-hydrogen) atoms. The summed E-state index contributed by atoms with van der Waals surface area (Å²) in [4.78, 5) is 0. The molecule has 0 saturated carbocycles. The van der Waals surface area contributed by atoms with Gasteiger partial charge in [0.2, 0.25) is 0 Å². The molecule has 0 spiro atoms.